The van der Waals surface area contributed by atoms with Crippen LogP contribution in [-0.4, -0.2) is 21.2 Å². The number of halogens is 2. The number of para-hydroxylation sites is 1. The van der Waals surface area contributed by atoms with Crippen molar-refractivity contribution in [1.82, 2.24) is 9.55 Å². The van der Waals surface area contributed by atoms with Gasteiger partial charge in [0.05, 0.1) is 21.7 Å². The number of hydrogen-bond donors (Lipinski definition) is 1. The fraction of sp³-hybridized carbons (Fsp3) is 0.250. The molecule has 0 radical (unpaired) electrons. The van der Waals surface area contributed by atoms with Crippen molar-refractivity contribution in [3.63, 3.8) is 0 Å². The number of benzene rings is 2. The number of fused-ring (bicyclic) bond motifs is 1. The van der Waals surface area contributed by atoms with E-state index in [4.69, 9.17) is 11.6 Å². The topological polar surface area (TPSA) is 64.0 Å². The van der Waals surface area contributed by atoms with Crippen LogP contribution in [-0.2, 0) is 11.3 Å². The molecule has 0 aliphatic rings. The molecule has 0 saturated carbocycles. The van der Waals surface area contributed by atoms with Crippen molar-refractivity contribution in [3.05, 3.63) is 63.7 Å². The average Bonchev–Trinajstić information content (AvgIpc) is 2.65. The second-order valence-electron chi connectivity index (χ2n) is 6.69. The Morgan fingerprint density at radius 3 is 2.75 bits per heavy atom. The second-order valence-corrected chi connectivity index (χ2v) is 8.04. The maximum Gasteiger partial charge on any atom is 0.262 e. The summed E-state index contributed by atoms with van der Waals surface area (Å²) < 4.78 is 14.8. The molecule has 3 aromatic rings. The van der Waals surface area contributed by atoms with E-state index in [2.05, 4.69) is 10.3 Å². The molecule has 0 atom stereocenters. The van der Waals surface area contributed by atoms with Crippen LogP contribution >= 0.6 is 23.4 Å². The third-order valence-corrected chi connectivity index (χ3v) is 5.18. The standard InChI is InChI=1S/C20H19ClFN3O2S/c1-12(2)10-25-19(27)14-5-3-4-6-17(14)24-20(25)28-11-18(26)23-13-7-8-16(22)15(21)9-13/h3-9,12H,10-11H2,1-2H3,(H,23,26). The summed E-state index contributed by atoms with van der Waals surface area (Å²) in [6.45, 7) is 4.54. The Balaban J connectivity index is 1.81. The summed E-state index contributed by atoms with van der Waals surface area (Å²) in [6.07, 6.45) is 0. The van der Waals surface area contributed by atoms with Crippen LogP contribution in [0.25, 0.3) is 10.9 Å². The molecular weight excluding hydrogens is 401 g/mol. The maximum atomic E-state index is 13.2. The van der Waals surface area contributed by atoms with Gasteiger partial charge < -0.3 is 5.32 Å². The zero-order valence-corrected chi connectivity index (χ0v) is 17.0. The number of hydrogen-bond acceptors (Lipinski definition) is 4. The van der Waals surface area contributed by atoms with Crippen LogP contribution in [0.15, 0.2) is 52.4 Å². The van der Waals surface area contributed by atoms with E-state index in [0.29, 0.717) is 28.3 Å². The van der Waals surface area contributed by atoms with Crippen molar-refractivity contribution in [1.29, 1.82) is 0 Å². The lowest BCUT2D eigenvalue weighted by Gasteiger charge is -2.15. The van der Waals surface area contributed by atoms with Crippen LogP contribution in [0.5, 0.6) is 0 Å². The highest BCUT2D eigenvalue weighted by molar-refractivity contribution is 7.99. The van der Waals surface area contributed by atoms with Crippen LogP contribution in [0.4, 0.5) is 10.1 Å². The van der Waals surface area contributed by atoms with Crippen molar-refractivity contribution in [3.8, 4) is 0 Å². The van der Waals surface area contributed by atoms with Gasteiger partial charge in [-0.05, 0) is 36.2 Å². The molecule has 0 aliphatic carbocycles. The van der Waals surface area contributed by atoms with Crippen molar-refractivity contribution in [2.24, 2.45) is 5.92 Å². The molecule has 1 heterocycles. The van der Waals surface area contributed by atoms with E-state index in [1.807, 2.05) is 19.9 Å². The molecular formula is C20H19ClFN3O2S. The molecule has 1 amide bonds. The highest BCUT2D eigenvalue weighted by atomic mass is 35.5. The lowest BCUT2D eigenvalue weighted by atomic mass is 10.2. The molecule has 28 heavy (non-hydrogen) atoms. The first-order valence-electron chi connectivity index (χ1n) is 8.72. The molecule has 2 aromatic carbocycles. The minimum Gasteiger partial charge on any atom is -0.325 e. The minimum absolute atomic E-state index is 0.0534. The van der Waals surface area contributed by atoms with Crippen LogP contribution in [0.3, 0.4) is 0 Å². The Morgan fingerprint density at radius 2 is 2.04 bits per heavy atom. The number of amides is 1. The fourth-order valence-electron chi connectivity index (χ4n) is 2.69. The van der Waals surface area contributed by atoms with Crippen molar-refractivity contribution in [2.45, 2.75) is 25.5 Å². The Labute approximate surface area is 170 Å². The van der Waals surface area contributed by atoms with E-state index in [9.17, 15) is 14.0 Å². The molecule has 8 heteroatoms. The van der Waals surface area contributed by atoms with Crippen molar-refractivity contribution in [2.75, 3.05) is 11.1 Å². The molecule has 0 aliphatic heterocycles. The third-order valence-electron chi connectivity index (χ3n) is 3.91. The first kappa shape index (κ1) is 20.4. The van der Waals surface area contributed by atoms with Gasteiger partial charge in [0.25, 0.3) is 5.56 Å². The summed E-state index contributed by atoms with van der Waals surface area (Å²) in [4.78, 5) is 29.7. The smallest absolute Gasteiger partial charge is 0.262 e. The predicted molar refractivity (Wildman–Crippen MR) is 112 cm³/mol. The van der Waals surface area contributed by atoms with E-state index >= 15 is 0 Å². The number of thioether (sulfide) groups is 1. The third kappa shape index (κ3) is 4.72. The quantitative estimate of drug-likeness (QED) is 0.469. The van der Waals surface area contributed by atoms with Gasteiger partial charge in [-0.2, -0.15) is 0 Å². The van der Waals surface area contributed by atoms with Gasteiger partial charge in [-0.25, -0.2) is 9.37 Å². The number of anilines is 1. The highest BCUT2D eigenvalue weighted by Crippen LogP contribution is 2.21. The maximum absolute atomic E-state index is 13.2. The highest BCUT2D eigenvalue weighted by Gasteiger charge is 2.14. The molecule has 1 aromatic heterocycles. The fourth-order valence-corrected chi connectivity index (χ4v) is 3.67. The van der Waals surface area contributed by atoms with Crippen molar-refractivity contribution < 1.29 is 9.18 Å². The lowest BCUT2D eigenvalue weighted by Crippen LogP contribution is -2.26. The number of nitrogens with zero attached hydrogens (tertiary/aromatic N) is 2. The molecule has 5 nitrogen and oxygen atoms in total. The zero-order valence-electron chi connectivity index (χ0n) is 15.4. The summed E-state index contributed by atoms with van der Waals surface area (Å²) in [5.74, 6) is -0.550. The first-order chi connectivity index (χ1) is 13.3. The van der Waals surface area contributed by atoms with Gasteiger partial charge >= 0.3 is 0 Å². The Morgan fingerprint density at radius 1 is 1.29 bits per heavy atom. The molecule has 3 rings (SSSR count). The SMILES string of the molecule is CC(C)Cn1c(SCC(=O)Nc2ccc(F)c(Cl)c2)nc2ccccc2c1=O. The van der Waals surface area contributed by atoms with Gasteiger partial charge in [-0.15, -0.1) is 0 Å². The van der Waals surface area contributed by atoms with Crippen LogP contribution in [0.1, 0.15) is 13.8 Å². The molecule has 0 fully saturated rings. The number of carbonyl (C=O) groups excluding carboxylic acids is 1. The van der Waals surface area contributed by atoms with E-state index in [0.717, 1.165) is 0 Å². The number of rotatable bonds is 6. The number of nitrogens with one attached hydrogen (secondary N) is 1. The summed E-state index contributed by atoms with van der Waals surface area (Å²) in [6, 6.07) is 11.1. The monoisotopic (exact) mass is 419 g/mol. The van der Waals surface area contributed by atoms with Gasteiger partial charge in [-0.3, -0.25) is 14.2 Å². The summed E-state index contributed by atoms with van der Waals surface area (Å²) in [5, 5.41) is 3.65. The van der Waals surface area contributed by atoms with Gasteiger partial charge in [0.15, 0.2) is 5.16 Å². The second kappa shape index (κ2) is 8.75. The van der Waals surface area contributed by atoms with E-state index in [-0.39, 0.29) is 28.2 Å². The molecule has 0 bridgehead atoms. The molecule has 146 valence electrons. The number of carbonyl (C=O) groups is 1. The van der Waals surface area contributed by atoms with E-state index < -0.39 is 5.82 Å². The average molecular weight is 420 g/mol. The van der Waals surface area contributed by atoms with Crippen LogP contribution in [0, 0.1) is 11.7 Å². The predicted octanol–water partition coefficient (Wildman–Crippen LogP) is 4.58. The molecule has 0 unspecified atom stereocenters. The largest absolute Gasteiger partial charge is 0.325 e. The van der Waals surface area contributed by atoms with Gasteiger partial charge in [0.1, 0.15) is 5.82 Å². The Kier molecular flexibility index (Phi) is 6.36. The van der Waals surface area contributed by atoms with Crippen molar-refractivity contribution >= 4 is 45.9 Å². The zero-order chi connectivity index (χ0) is 20.3. The first-order valence-corrected chi connectivity index (χ1v) is 10.1. The lowest BCUT2D eigenvalue weighted by molar-refractivity contribution is -0.113. The number of aromatic nitrogens is 2. The minimum atomic E-state index is -0.549. The Hall–Kier alpha value is -2.38. The summed E-state index contributed by atoms with van der Waals surface area (Å²) in [7, 11) is 0. The Bertz CT molecular complexity index is 1080. The van der Waals surface area contributed by atoms with E-state index in [1.165, 1.54) is 30.0 Å². The van der Waals surface area contributed by atoms with Crippen LogP contribution in [0.2, 0.25) is 5.02 Å². The normalized spacial score (nSPS) is 11.2. The van der Waals surface area contributed by atoms with Crippen LogP contribution < -0.4 is 10.9 Å². The van der Waals surface area contributed by atoms with Gasteiger partial charge in [0.2, 0.25) is 5.91 Å². The molecule has 1 N–H and O–H groups in total. The van der Waals surface area contributed by atoms with E-state index in [1.54, 1.807) is 22.8 Å². The van der Waals surface area contributed by atoms with Gasteiger partial charge in [-0.1, -0.05) is 49.3 Å². The molecule has 0 spiro atoms. The summed E-state index contributed by atoms with van der Waals surface area (Å²) >= 11 is 6.92. The van der Waals surface area contributed by atoms with Gasteiger partial charge in [0, 0.05) is 12.2 Å². The summed E-state index contributed by atoms with van der Waals surface area (Å²) in [5.41, 5.74) is 0.885. The molecule has 0 saturated heterocycles.